The molecule has 0 atom stereocenters. The van der Waals surface area contributed by atoms with Crippen LogP contribution in [0.4, 0.5) is 0 Å². The number of hydrogen-bond donors (Lipinski definition) is 0. The Balaban J connectivity index is 1.98. The van der Waals surface area contributed by atoms with Gasteiger partial charge in [-0.25, -0.2) is 14.8 Å². The maximum Gasteiger partial charge on any atom is 0.345 e. The minimum absolute atomic E-state index is 0.391. The van der Waals surface area contributed by atoms with E-state index in [1.54, 1.807) is 36.5 Å². The first-order chi connectivity index (χ1) is 10.7. The third-order valence-electron chi connectivity index (χ3n) is 3.43. The lowest BCUT2D eigenvalue weighted by molar-refractivity contribution is 0.563. The van der Waals surface area contributed by atoms with E-state index in [1.165, 1.54) is 0 Å². The van der Waals surface area contributed by atoms with E-state index in [0.29, 0.717) is 27.5 Å². The highest BCUT2D eigenvalue weighted by Crippen LogP contribution is 2.23. The van der Waals surface area contributed by atoms with E-state index in [9.17, 15) is 4.79 Å². The fraction of sp³-hybridized carbons (Fsp3) is 0. The first-order valence-corrected chi connectivity index (χ1v) is 7.04. The van der Waals surface area contributed by atoms with Crippen molar-refractivity contribution in [2.75, 3.05) is 0 Å². The van der Waals surface area contributed by atoms with E-state index in [4.69, 9.17) is 16.0 Å². The molecule has 0 saturated heterocycles. The highest BCUT2D eigenvalue weighted by molar-refractivity contribution is 6.31. The van der Waals surface area contributed by atoms with Gasteiger partial charge in [0.2, 0.25) is 0 Å². The van der Waals surface area contributed by atoms with Crippen LogP contribution in [0.25, 0.3) is 33.3 Å². The number of fused-ring (bicyclic) bond motifs is 2. The lowest BCUT2D eigenvalue weighted by atomic mass is 10.1. The molecule has 0 amide bonds. The van der Waals surface area contributed by atoms with Crippen LogP contribution in [-0.2, 0) is 0 Å². The van der Waals surface area contributed by atoms with Gasteiger partial charge in [0.1, 0.15) is 5.58 Å². The van der Waals surface area contributed by atoms with Crippen LogP contribution in [0, 0.1) is 0 Å². The van der Waals surface area contributed by atoms with Crippen molar-refractivity contribution >= 4 is 33.6 Å². The minimum Gasteiger partial charge on any atom is -0.422 e. The van der Waals surface area contributed by atoms with Gasteiger partial charge in [0.05, 0.1) is 11.3 Å². The van der Waals surface area contributed by atoms with Gasteiger partial charge in [-0.3, -0.25) is 0 Å². The van der Waals surface area contributed by atoms with Gasteiger partial charge in [0.15, 0.2) is 5.65 Å². The van der Waals surface area contributed by atoms with Crippen molar-refractivity contribution < 1.29 is 4.42 Å². The molecule has 0 unspecified atom stereocenters. The topological polar surface area (TPSA) is 56.0 Å². The van der Waals surface area contributed by atoms with Crippen molar-refractivity contribution in [2.45, 2.75) is 0 Å². The average Bonchev–Trinajstić information content (AvgIpc) is 2.54. The third-order valence-corrected chi connectivity index (χ3v) is 3.67. The molecule has 0 radical (unpaired) electrons. The molecule has 0 saturated carbocycles. The van der Waals surface area contributed by atoms with Crippen LogP contribution < -0.4 is 5.63 Å². The largest absolute Gasteiger partial charge is 0.422 e. The van der Waals surface area contributed by atoms with E-state index in [0.717, 1.165) is 10.8 Å². The van der Waals surface area contributed by atoms with Crippen molar-refractivity contribution in [2.24, 2.45) is 0 Å². The second kappa shape index (κ2) is 4.93. The van der Waals surface area contributed by atoms with Crippen LogP contribution in [0.15, 0.2) is 63.9 Å². The molecule has 22 heavy (non-hydrogen) atoms. The zero-order chi connectivity index (χ0) is 15.1. The maximum atomic E-state index is 12.2. The van der Waals surface area contributed by atoms with E-state index >= 15 is 0 Å². The van der Waals surface area contributed by atoms with Crippen molar-refractivity contribution in [1.29, 1.82) is 0 Å². The predicted molar refractivity (Wildman–Crippen MR) is 86.0 cm³/mol. The molecule has 3 aromatic heterocycles. The molecule has 4 rings (SSSR count). The molecule has 0 fully saturated rings. The zero-order valence-corrected chi connectivity index (χ0v) is 12.0. The molecule has 5 heteroatoms. The summed E-state index contributed by atoms with van der Waals surface area (Å²) in [5.41, 5.74) is 1.57. The SMILES string of the molecule is O=c1oc2ccc(Cl)cc2cc1-c1ccc2cccnc2n1. The Morgan fingerprint density at radius 2 is 1.91 bits per heavy atom. The summed E-state index contributed by atoms with van der Waals surface area (Å²) >= 11 is 5.99. The van der Waals surface area contributed by atoms with Crippen molar-refractivity contribution in [1.82, 2.24) is 9.97 Å². The Labute approximate surface area is 130 Å². The maximum absolute atomic E-state index is 12.2. The van der Waals surface area contributed by atoms with Crippen LogP contribution >= 0.6 is 11.6 Å². The number of rotatable bonds is 1. The monoisotopic (exact) mass is 308 g/mol. The van der Waals surface area contributed by atoms with E-state index in [-0.39, 0.29) is 0 Å². The molecule has 0 aliphatic carbocycles. The number of nitrogens with zero attached hydrogens (tertiary/aromatic N) is 2. The van der Waals surface area contributed by atoms with Gasteiger partial charge in [-0.15, -0.1) is 0 Å². The summed E-state index contributed by atoms with van der Waals surface area (Å²) in [5.74, 6) is 0. The molecule has 0 aliphatic rings. The Bertz CT molecular complexity index is 1070. The predicted octanol–water partition coefficient (Wildman–Crippen LogP) is 4.06. The fourth-order valence-corrected chi connectivity index (χ4v) is 2.56. The Hall–Kier alpha value is -2.72. The van der Waals surface area contributed by atoms with Crippen LogP contribution in [0.2, 0.25) is 5.02 Å². The third kappa shape index (κ3) is 2.14. The van der Waals surface area contributed by atoms with Crippen molar-refractivity contribution in [3.8, 4) is 11.3 Å². The molecule has 1 aromatic carbocycles. The number of hydrogen-bond acceptors (Lipinski definition) is 4. The number of benzene rings is 1. The Morgan fingerprint density at radius 1 is 1.00 bits per heavy atom. The van der Waals surface area contributed by atoms with Crippen molar-refractivity contribution in [3.63, 3.8) is 0 Å². The molecule has 106 valence electrons. The van der Waals surface area contributed by atoms with Crippen LogP contribution in [-0.4, -0.2) is 9.97 Å². The lowest BCUT2D eigenvalue weighted by Crippen LogP contribution is -2.04. The lowest BCUT2D eigenvalue weighted by Gasteiger charge is -2.03. The van der Waals surface area contributed by atoms with Gasteiger partial charge >= 0.3 is 5.63 Å². The van der Waals surface area contributed by atoms with Gasteiger partial charge in [-0.05, 0) is 48.5 Å². The van der Waals surface area contributed by atoms with Crippen LogP contribution in [0.3, 0.4) is 0 Å². The van der Waals surface area contributed by atoms with Crippen molar-refractivity contribution in [3.05, 3.63) is 70.2 Å². The molecule has 4 aromatic rings. The molecule has 0 spiro atoms. The van der Waals surface area contributed by atoms with E-state index in [1.807, 2.05) is 18.2 Å². The Morgan fingerprint density at radius 3 is 2.82 bits per heavy atom. The highest BCUT2D eigenvalue weighted by Gasteiger charge is 2.10. The first-order valence-electron chi connectivity index (χ1n) is 6.66. The fourth-order valence-electron chi connectivity index (χ4n) is 2.38. The number of halogens is 1. The summed E-state index contributed by atoms with van der Waals surface area (Å²) in [4.78, 5) is 20.8. The Kier molecular flexibility index (Phi) is 2.91. The molecular formula is C17H9ClN2O2. The van der Waals surface area contributed by atoms with E-state index in [2.05, 4.69) is 9.97 Å². The smallest absolute Gasteiger partial charge is 0.345 e. The molecule has 3 heterocycles. The van der Waals surface area contributed by atoms with Gasteiger partial charge in [-0.1, -0.05) is 11.6 Å². The molecule has 0 N–H and O–H groups in total. The second-order valence-corrected chi connectivity index (χ2v) is 5.31. The van der Waals surface area contributed by atoms with Gasteiger partial charge in [0.25, 0.3) is 0 Å². The normalized spacial score (nSPS) is 11.1. The quantitative estimate of drug-likeness (QED) is 0.498. The first kappa shape index (κ1) is 13.0. The standard InChI is InChI=1S/C17H9ClN2O2/c18-12-4-6-15-11(8-12)9-13(17(21)22-15)14-5-3-10-2-1-7-19-16(10)20-14/h1-9H. The summed E-state index contributed by atoms with van der Waals surface area (Å²) in [6.07, 6.45) is 1.67. The summed E-state index contributed by atoms with van der Waals surface area (Å²) < 4.78 is 5.34. The summed E-state index contributed by atoms with van der Waals surface area (Å²) in [5, 5.41) is 2.25. The van der Waals surface area contributed by atoms with Crippen LogP contribution in [0.5, 0.6) is 0 Å². The van der Waals surface area contributed by atoms with Gasteiger partial charge in [-0.2, -0.15) is 0 Å². The average molecular weight is 309 g/mol. The van der Waals surface area contributed by atoms with E-state index < -0.39 is 5.63 Å². The minimum atomic E-state index is -0.433. The highest BCUT2D eigenvalue weighted by atomic mass is 35.5. The zero-order valence-electron chi connectivity index (χ0n) is 11.3. The van der Waals surface area contributed by atoms with Crippen LogP contribution in [0.1, 0.15) is 0 Å². The number of aromatic nitrogens is 2. The summed E-state index contributed by atoms with van der Waals surface area (Å²) in [6, 6.07) is 14.3. The number of pyridine rings is 2. The molecule has 0 aliphatic heterocycles. The molecular weight excluding hydrogens is 300 g/mol. The van der Waals surface area contributed by atoms with Gasteiger partial charge < -0.3 is 4.42 Å². The second-order valence-electron chi connectivity index (χ2n) is 4.88. The molecule has 4 nitrogen and oxygen atoms in total. The molecule has 0 bridgehead atoms. The summed E-state index contributed by atoms with van der Waals surface area (Å²) in [7, 11) is 0. The van der Waals surface area contributed by atoms with Gasteiger partial charge in [0, 0.05) is 22.0 Å². The summed E-state index contributed by atoms with van der Waals surface area (Å²) in [6.45, 7) is 0.